The van der Waals surface area contributed by atoms with Crippen molar-refractivity contribution < 1.29 is 0 Å². The largest absolute Gasteiger partial charge is 0.382 e. The minimum absolute atomic E-state index is 0.428. The molecule has 28 heavy (non-hydrogen) atoms. The van der Waals surface area contributed by atoms with E-state index in [-0.39, 0.29) is 0 Å². The summed E-state index contributed by atoms with van der Waals surface area (Å²) in [4.78, 5) is 9.01. The van der Waals surface area contributed by atoms with Gasteiger partial charge in [0.2, 0.25) is 0 Å². The van der Waals surface area contributed by atoms with Crippen LogP contribution in [0.4, 0.5) is 28.7 Å². The predicted molar refractivity (Wildman–Crippen MR) is 119 cm³/mol. The summed E-state index contributed by atoms with van der Waals surface area (Å²) in [5.74, 6) is 1.74. The Morgan fingerprint density at radius 2 is 1.04 bits per heavy atom. The summed E-state index contributed by atoms with van der Waals surface area (Å²) in [6, 6.07) is 8.63. The second kappa shape index (κ2) is 7.50. The Kier molecular flexibility index (Phi) is 5.27. The van der Waals surface area contributed by atoms with E-state index in [0.717, 1.165) is 22.5 Å². The first-order valence-corrected chi connectivity index (χ1v) is 9.49. The minimum Gasteiger partial charge on any atom is -0.382 e. The molecule has 0 radical (unpaired) electrons. The predicted octanol–water partition coefficient (Wildman–Crippen LogP) is 5.70. The van der Waals surface area contributed by atoms with Gasteiger partial charge in [0.25, 0.3) is 0 Å². The normalized spacial score (nSPS) is 10.8. The van der Waals surface area contributed by atoms with Crippen LogP contribution >= 0.6 is 0 Å². The van der Waals surface area contributed by atoms with Gasteiger partial charge in [-0.1, -0.05) is 35.4 Å². The second-order valence-electron chi connectivity index (χ2n) is 7.68. The second-order valence-corrected chi connectivity index (χ2v) is 7.68. The van der Waals surface area contributed by atoms with Gasteiger partial charge >= 0.3 is 0 Å². The lowest BCUT2D eigenvalue weighted by atomic mass is 10.0. The van der Waals surface area contributed by atoms with Gasteiger partial charge in [-0.2, -0.15) is 0 Å². The molecule has 0 unspecified atom stereocenters. The highest BCUT2D eigenvalue weighted by atomic mass is 15.1. The van der Waals surface area contributed by atoms with Crippen molar-refractivity contribution >= 4 is 28.7 Å². The van der Waals surface area contributed by atoms with E-state index < -0.39 is 0 Å². The summed E-state index contributed by atoms with van der Waals surface area (Å²) < 4.78 is 0. The van der Waals surface area contributed by atoms with Gasteiger partial charge in [-0.3, -0.25) is 0 Å². The van der Waals surface area contributed by atoms with Crippen LogP contribution in [0, 0.1) is 48.5 Å². The monoisotopic (exact) mass is 375 g/mol. The van der Waals surface area contributed by atoms with Crippen molar-refractivity contribution in [2.45, 2.75) is 48.5 Å². The summed E-state index contributed by atoms with van der Waals surface area (Å²) >= 11 is 0. The van der Waals surface area contributed by atoms with E-state index >= 15 is 0 Å². The molecule has 0 fully saturated rings. The Balaban J connectivity index is 2.09. The number of nitrogens with one attached hydrogen (secondary N) is 2. The highest BCUT2D eigenvalue weighted by Crippen LogP contribution is 2.35. The lowest BCUT2D eigenvalue weighted by molar-refractivity contribution is 1.06. The van der Waals surface area contributed by atoms with Crippen LogP contribution in [-0.2, 0) is 0 Å². The molecule has 146 valence electrons. The van der Waals surface area contributed by atoms with Crippen LogP contribution in [0.2, 0.25) is 0 Å². The number of hydrogen-bond acceptors (Lipinski definition) is 5. The molecule has 0 bridgehead atoms. The molecular weight excluding hydrogens is 346 g/mol. The molecule has 5 nitrogen and oxygen atoms in total. The van der Waals surface area contributed by atoms with Crippen molar-refractivity contribution in [2.75, 3.05) is 16.4 Å². The summed E-state index contributed by atoms with van der Waals surface area (Å²) in [6.07, 6.45) is 0. The van der Waals surface area contributed by atoms with Crippen LogP contribution in [-0.4, -0.2) is 9.97 Å². The van der Waals surface area contributed by atoms with Crippen LogP contribution in [0.25, 0.3) is 0 Å². The molecule has 0 saturated heterocycles. The Morgan fingerprint density at radius 3 is 1.50 bits per heavy atom. The lowest BCUT2D eigenvalue weighted by Gasteiger charge is -2.20. The summed E-state index contributed by atoms with van der Waals surface area (Å²) in [5.41, 5.74) is 16.2. The number of nitrogens with zero attached hydrogens (tertiary/aromatic N) is 2. The Labute approximate surface area is 167 Å². The maximum atomic E-state index is 6.30. The quantitative estimate of drug-likeness (QED) is 0.545. The van der Waals surface area contributed by atoms with E-state index in [1.54, 1.807) is 0 Å². The van der Waals surface area contributed by atoms with Crippen LogP contribution in [0.5, 0.6) is 0 Å². The zero-order valence-electron chi connectivity index (χ0n) is 17.8. The Morgan fingerprint density at radius 1 is 0.607 bits per heavy atom. The smallest absolute Gasteiger partial charge is 0.160 e. The van der Waals surface area contributed by atoms with Gasteiger partial charge in [0.15, 0.2) is 11.6 Å². The fraction of sp³-hybridized carbons (Fsp3) is 0.304. The molecule has 2 aromatic carbocycles. The van der Waals surface area contributed by atoms with Gasteiger partial charge in [0.05, 0.1) is 0 Å². The molecule has 3 aromatic rings. The molecule has 0 aliphatic heterocycles. The van der Waals surface area contributed by atoms with Gasteiger partial charge in [-0.25, -0.2) is 9.97 Å². The molecule has 0 aliphatic rings. The molecule has 0 atom stereocenters. The third-order valence-corrected chi connectivity index (χ3v) is 4.90. The van der Waals surface area contributed by atoms with Gasteiger partial charge in [0, 0.05) is 11.4 Å². The average molecular weight is 376 g/mol. The van der Waals surface area contributed by atoms with Crippen molar-refractivity contribution in [3.8, 4) is 0 Å². The highest BCUT2D eigenvalue weighted by molar-refractivity contribution is 5.85. The number of nitrogens with two attached hydrogens (primary N) is 1. The highest BCUT2D eigenvalue weighted by Gasteiger charge is 2.16. The van der Waals surface area contributed by atoms with Crippen LogP contribution in [0.1, 0.15) is 39.2 Å². The fourth-order valence-electron chi connectivity index (χ4n) is 3.81. The number of anilines is 5. The van der Waals surface area contributed by atoms with E-state index in [1.807, 2.05) is 6.92 Å². The zero-order valence-corrected chi connectivity index (χ0v) is 17.8. The van der Waals surface area contributed by atoms with Gasteiger partial charge in [-0.15, -0.1) is 0 Å². The summed E-state index contributed by atoms with van der Waals surface area (Å²) in [6.45, 7) is 14.4. The Hall–Kier alpha value is -3.08. The fourth-order valence-corrected chi connectivity index (χ4v) is 3.81. The first-order valence-electron chi connectivity index (χ1n) is 9.49. The van der Waals surface area contributed by atoms with Gasteiger partial charge in [0.1, 0.15) is 11.5 Å². The number of aryl methyl sites for hydroxylation is 7. The molecule has 0 aliphatic carbocycles. The third-order valence-electron chi connectivity index (χ3n) is 4.90. The van der Waals surface area contributed by atoms with Gasteiger partial charge in [-0.05, 0) is 70.7 Å². The van der Waals surface area contributed by atoms with E-state index in [1.165, 1.54) is 22.3 Å². The van der Waals surface area contributed by atoms with Crippen molar-refractivity contribution in [1.29, 1.82) is 0 Å². The molecule has 4 N–H and O–H groups in total. The molecule has 3 rings (SSSR count). The molecule has 5 heteroatoms. The molecule has 0 amide bonds. The van der Waals surface area contributed by atoms with Gasteiger partial charge < -0.3 is 16.4 Å². The topological polar surface area (TPSA) is 75.9 Å². The number of hydrogen-bond donors (Lipinski definition) is 3. The van der Waals surface area contributed by atoms with Crippen molar-refractivity contribution in [3.05, 3.63) is 63.5 Å². The van der Waals surface area contributed by atoms with Crippen LogP contribution in [0.3, 0.4) is 0 Å². The Bertz CT molecular complexity index is 1010. The number of nitrogen functional groups attached to an aromatic ring is 1. The van der Waals surface area contributed by atoms with Crippen LogP contribution in [0.15, 0.2) is 24.3 Å². The molecule has 1 aromatic heterocycles. The van der Waals surface area contributed by atoms with Crippen molar-refractivity contribution in [1.82, 2.24) is 9.97 Å². The average Bonchev–Trinajstić information content (AvgIpc) is 2.55. The number of aromatic nitrogens is 2. The van der Waals surface area contributed by atoms with Crippen molar-refractivity contribution in [3.63, 3.8) is 0 Å². The van der Waals surface area contributed by atoms with E-state index in [0.29, 0.717) is 23.1 Å². The standard InChI is InChI=1S/C23H29N5/c1-12-8-14(3)19(15(4)9-12)27-21-22(24)25-18(7)26-23(21)28-20-16(5)10-13(2)11-17(20)6/h8-11,27H,1-7H3,(H3,24,25,26,28). The molecule has 0 saturated carbocycles. The van der Waals surface area contributed by atoms with E-state index in [4.69, 9.17) is 5.73 Å². The number of rotatable bonds is 4. The number of benzene rings is 2. The maximum Gasteiger partial charge on any atom is 0.160 e. The summed E-state index contributed by atoms with van der Waals surface area (Å²) in [5, 5.41) is 6.98. The zero-order chi connectivity index (χ0) is 20.6. The first kappa shape index (κ1) is 19.7. The third kappa shape index (κ3) is 3.93. The lowest BCUT2D eigenvalue weighted by Crippen LogP contribution is -2.09. The van der Waals surface area contributed by atoms with E-state index in [9.17, 15) is 0 Å². The molecule has 0 spiro atoms. The minimum atomic E-state index is 0.428. The molecule has 1 heterocycles. The SMILES string of the molecule is Cc1cc(C)c(Nc2nc(C)nc(N)c2Nc2c(C)cc(C)cc2C)c(C)c1. The first-order chi connectivity index (χ1) is 13.2. The summed E-state index contributed by atoms with van der Waals surface area (Å²) in [7, 11) is 0. The van der Waals surface area contributed by atoms with Crippen LogP contribution < -0.4 is 16.4 Å². The van der Waals surface area contributed by atoms with Crippen molar-refractivity contribution in [2.24, 2.45) is 0 Å². The van der Waals surface area contributed by atoms with E-state index in [2.05, 4.69) is 86.4 Å². The maximum absolute atomic E-state index is 6.30. The molecular formula is C23H29N5.